The molecule has 0 spiro atoms. The molecule has 0 saturated carbocycles. The molecule has 0 heterocycles. The Kier molecular flexibility index (Phi) is 4.92. The average Bonchev–Trinajstić information content (AvgIpc) is 2.35. The third-order valence-corrected chi connectivity index (χ3v) is 3.83. The number of aliphatic hydroxyl groups is 1. The quantitative estimate of drug-likeness (QED) is 0.773. The SMILES string of the molecule is CCC(C)(C)Cc1ccc(C(O)(C(F)(F)F)C(F)(F)F)cc1. The van der Waals surface area contributed by atoms with E-state index < -0.39 is 23.5 Å². The van der Waals surface area contributed by atoms with E-state index >= 15 is 0 Å². The summed E-state index contributed by atoms with van der Waals surface area (Å²) >= 11 is 0. The molecule has 0 aliphatic heterocycles. The van der Waals surface area contributed by atoms with E-state index in [9.17, 15) is 31.4 Å². The highest BCUT2D eigenvalue weighted by molar-refractivity contribution is 5.30. The maximum absolute atomic E-state index is 12.7. The minimum Gasteiger partial charge on any atom is -0.369 e. The molecule has 0 unspecified atom stereocenters. The first-order chi connectivity index (χ1) is 9.74. The molecule has 0 bridgehead atoms. The largest absolute Gasteiger partial charge is 0.430 e. The van der Waals surface area contributed by atoms with Crippen LogP contribution in [0.5, 0.6) is 0 Å². The van der Waals surface area contributed by atoms with Crippen molar-refractivity contribution in [3.05, 3.63) is 35.4 Å². The van der Waals surface area contributed by atoms with Gasteiger partial charge < -0.3 is 5.11 Å². The molecule has 0 atom stereocenters. The molecule has 0 radical (unpaired) electrons. The van der Waals surface area contributed by atoms with Crippen LogP contribution in [0.1, 0.15) is 38.3 Å². The predicted molar refractivity (Wildman–Crippen MR) is 70.2 cm³/mol. The monoisotopic (exact) mass is 328 g/mol. The summed E-state index contributed by atoms with van der Waals surface area (Å²) in [4.78, 5) is 0. The van der Waals surface area contributed by atoms with Gasteiger partial charge in [-0.15, -0.1) is 0 Å². The first-order valence-corrected chi connectivity index (χ1v) is 6.70. The van der Waals surface area contributed by atoms with Gasteiger partial charge in [-0.25, -0.2) is 0 Å². The molecule has 7 heteroatoms. The molecular weight excluding hydrogens is 310 g/mol. The van der Waals surface area contributed by atoms with E-state index in [-0.39, 0.29) is 5.41 Å². The smallest absolute Gasteiger partial charge is 0.369 e. The number of alkyl halides is 6. The summed E-state index contributed by atoms with van der Waals surface area (Å²) in [6.45, 7) is 5.84. The summed E-state index contributed by atoms with van der Waals surface area (Å²) in [6, 6.07) is 3.74. The molecule has 0 fully saturated rings. The highest BCUT2D eigenvalue weighted by Crippen LogP contribution is 2.50. The number of hydrogen-bond donors (Lipinski definition) is 1. The highest BCUT2D eigenvalue weighted by Gasteiger charge is 2.71. The summed E-state index contributed by atoms with van der Waals surface area (Å²) in [5.41, 5.74) is -5.60. The molecule has 0 saturated heterocycles. The molecule has 1 rings (SSSR count). The second-order valence-corrected chi connectivity index (χ2v) is 6.10. The van der Waals surface area contributed by atoms with Gasteiger partial charge in [-0.05, 0) is 17.4 Å². The standard InChI is InChI=1S/C15H18F6O/c1-4-12(2,3)9-10-5-7-11(8-6-10)13(22,14(16,17)18)15(19,20)21/h5-8,22H,4,9H2,1-3H3. The second kappa shape index (κ2) is 5.76. The molecule has 0 aliphatic carbocycles. The van der Waals surface area contributed by atoms with Crippen molar-refractivity contribution in [2.45, 2.75) is 51.6 Å². The second-order valence-electron chi connectivity index (χ2n) is 6.10. The topological polar surface area (TPSA) is 20.2 Å². The number of hydrogen-bond acceptors (Lipinski definition) is 1. The Bertz CT molecular complexity index is 484. The molecule has 1 aromatic rings. The molecule has 126 valence electrons. The number of benzene rings is 1. The van der Waals surface area contributed by atoms with E-state index in [4.69, 9.17) is 0 Å². The van der Waals surface area contributed by atoms with E-state index in [1.165, 1.54) is 12.1 Å². The molecule has 1 nitrogen and oxygen atoms in total. The van der Waals surface area contributed by atoms with Crippen molar-refractivity contribution < 1.29 is 31.4 Å². The van der Waals surface area contributed by atoms with Crippen LogP contribution in [-0.4, -0.2) is 17.5 Å². The third-order valence-electron chi connectivity index (χ3n) is 3.83. The van der Waals surface area contributed by atoms with Crippen LogP contribution < -0.4 is 0 Å². The lowest BCUT2D eigenvalue weighted by Gasteiger charge is -2.32. The third kappa shape index (κ3) is 3.56. The molecule has 1 N–H and O–H groups in total. The Morgan fingerprint density at radius 3 is 1.59 bits per heavy atom. The van der Waals surface area contributed by atoms with E-state index in [1.54, 1.807) is 0 Å². The Labute approximate surface area is 125 Å². The van der Waals surface area contributed by atoms with Gasteiger partial charge in [-0.2, -0.15) is 26.3 Å². The van der Waals surface area contributed by atoms with Crippen LogP contribution in [-0.2, 0) is 12.0 Å². The van der Waals surface area contributed by atoms with Crippen LogP contribution in [0.3, 0.4) is 0 Å². The maximum Gasteiger partial charge on any atom is 0.430 e. The number of halogens is 6. The summed E-state index contributed by atoms with van der Waals surface area (Å²) in [7, 11) is 0. The van der Waals surface area contributed by atoms with Crippen LogP contribution in [0.2, 0.25) is 0 Å². The van der Waals surface area contributed by atoms with Gasteiger partial charge in [0.05, 0.1) is 0 Å². The van der Waals surface area contributed by atoms with Crippen LogP contribution >= 0.6 is 0 Å². The first-order valence-electron chi connectivity index (χ1n) is 6.70. The molecule has 1 aromatic carbocycles. The lowest BCUT2D eigenvalue weighted by molar-refractivity contribution is -0.376. The Morgan fingerprint density at radius 2 is 1.27 bits per heavy atom. The lowest BCUT2D eigenvalue weighted by Crippen LogP contribution is -2.53. The zero-order valence-electron chi connectivity index (χ0n) is 12.4. The van der Waals surface area contributed by atoms with E-state index in [1.807, 2.05) is 20.8 Å². The zero-order valence-corrected chi connectivity index (χ0v) is 12.4. The van der Waals surface area contributed by atoms with Gasteiger partial charge in [0.1, 0.15) is 0 Å². The summed E-state index contributed by atoms with van der Waals surface area (Å²) in [6.07, 6.45) is -10.4. The summed E-state index contributed by atoms with van der Waals surface area (Å²) in [5, 5.41) is 9.28. The van der Waals surface area contributed by atoms with Crippen molar-refractivity contribution in [3.63, 3.8) is 0 Å². The molecule has 0 amide bonds. The van der Waals surface area contributed by atoms with Crippen LogP contribution in [0.15, 0.2) is 24.3 Å². The normalized spacial score (nSPS) is 14.3. The van der Waals surface area contributed by atoms with Crippen LogP contribution in [0, 0.1) is 5.41 Å². The summed E-state index contributed by atoms with van der Waals surface area (Å²) < 4.78 is 76.5. The van der Waals surface area contributed by atoms with Gasteiger partial charge in [0.25, 0.3) is 5.60 Å². The van der Waals surface area contributed by atoms with E-state index in [0.29, 0.717) is 24.1 Å². The van der Waals surface area contributed by atoms with Gasteiger partial charge in [-0.1, -0.05) is 51.5 Å². The number of rotatable bonds is 4. The fraction of sp³-hybridized carbons (Fsp3) is 0.600. The van der Waals surface area contributed by atoms with E-state index in [2.05, 4.69) is 0 Å². The van der Waals surface area contributed by atoms with Gasteiger partial charge in [0.2, 0.25) is 0 Å². The van der Waals surface area contributed by atoms with Crippen molar-refractivity contribution in [1.82, 2.24) is 0 Å². The highest BCUT2D eigenvalue weighted by atomic mass is 19.4. The van der Waals surface area contributed by atoms with Crippen LogP contribution in [0.4, 0.5) is 26.3 Å². The van der Waals surface area contributed by atoms with Crippen molar-refractivity contribution in [3.8, 4) is 0 Å². The Morgan fingerprint density at radius 1 is 0.864 bits per heavy atom. The average molecular weight is 328 g/mol. The fourth-order valence-corrected chi connectivity index (χ4v) is 2.03. The lowest BCUT2D eigenvalue weighted by atomic mass is 9.82. The maximum atomic E-state index is 12.7. The fourth-order valence-electron chi connectivity index (χ4n) is 2.03. The molecule has 0 aliphatic rings. The van der Waals surface area contributed by atoms with Gasteiger partial charge in [0.15, 0.2) is 0 Å². The van der Waals surface area contributed by atoms with Crippen molar-refractivity contribution in [2.75, 3.05) is 0 Å². The van der Waals surface area contributed by atoms with Crippen molar-refractivity contribution in [2.24, 2.45) is 5.41 Å². The van der Waals surface area contributed by atoms with Crippen molar-refractivity contribution in [1.29, 1.82) is 0 Å². The molecule has 22 heavy (non-hydrogen) atoms. The Balaban J connectivity index is 3.21. The van der Waals surface area contributed by atoms with Gasteiger partial charge in [0, 0.05) is 5.56 Å². The zero-order chi connectivity index (χ0) is 17.4. The van der Waals surface area contributed by atoms with Crippen LogP contribution in [0.25, 0.3) is 0 Å². The molecular formula is C15H18F6O. The predicted octanol–water partition coefficient (Wildman–Crippen LogP) is 4.98. The minimum absolute atomic E-state index is 0.119. The van der Waals surface area contributed by atoms with E-state index in [0.717, 1.165) is 6.42 Å². The van der Waals surface area contributed by atoms with Crippen molar-refractivity contribution >= 4 is 0 Å². The summed E-state index contributed by atoms with van der Waals surface area (Å²) in [5.74, 6) is 0. The van der Waals surface area contributed by atoms with Gasteiger partial charge >= 0.3 is 12.4 Å². The Hall–Kier alpha value is -1.24. The first kappa shape index (κ1) is 18.8. The van der Waals surface area contributed by atoms with Gasteiger partial charge in [-0.3, -0.25) is 0 Å². The molecule has 0 aromatic heterocycles. The minimum atomic E-state index is -5.85.